The number of imidazole rings is 1. The smallest absolute Gasteiger partial charge is 0.106 e. The zero-order valence-corrected chi connectivity index (χ0v) is 11.2. The Balaban J connectivity index is 2.57. The number of nitrogens with zero attached hydrogens (tertiary/aromatic N) is 2. The Morgan fingerprint density at radius 1 is 1.39 bits per heavy atom. The summed E-state index contributed by atoms with van der Waals surface area (Å²) in [5.41, 5.74) is 8.54. The number of aryl methyl sites for hydroxylation is 1. The van der Waals surface area contributed by atoms with Gasteiger partial charge in [-0.15, -0.1) is 0 Å². The second-order valence-electron chi connectivity index (χ2n) is 5.10. The fourth-order valence-electron chi connectivity index (χ4n) is 2.55. The van der Waals surface area contributed by atoms with Gasteiger partial charge in [0, 0.05) is 18.3 Å². The van der Waals surface area contributed by atoms with E-state index in [4.69, 9.17) is 5.73 Å². The Morgan fingerprint density at radius 2 is 2.11 bits per heavy atom. The van der Waals surface area contributed by atoms with Crippen molar-refractivity contribution in [2.45, 2.75) is 33.2 Å². The van der Waals surface area contributed by atoms with Crippen LogP contribution in [0.5, 0.6) is 0 Å². The van der Waals surface area contributed by atoms with Crippen LogP contribution in [0.4, 0.5) is 5.69 Å². The SMILES string of the molecule is Cc1nc2cc(N)ccc2n1C(CCO)C(C)C. The maximum atomic E-state index is 9.24. The number of rotatable bonds is 4. The molecule has 0 aliphatic heterocycles. The van der Waals surface area contributed by atoms with E-state index in [1.807, 2.05) is 25.1 Å². The molecule has 0 fully saturated rings. The molecule has 0 amide bonds. The number of anilines is 1. The Hall–Kier alpha value is -1.55. The summed E-state index contributed by atoms with van der Waals surface area (Å²) in [6.45, 7) is 6.53. The summed E-state index contributed by atoms with van der Waals surface area (Å²) in [6.07, 6.45) is 0.744. The van der Waals surface area contributed by atoms with Crippen molar-refractivity contribution in [2.24, 2.45) is 5.92 Å². The maximum Gasteiger partial charge on any atom is 0.106 e. The predicted octanol–water partition coefficient (Wildman–Crippen LogP) is 2.51. The highest BCUT2D eigenvalue weighted by molar-refractivity contribution is 5.79. The Bertz CT molecular complexity index is 545. The van der Waals surface area contributed by atoms with Crippen molar-refractivity contribution >= 4 is 16.7 Å². The summed E-state index contributed by atoms with van der Waals surface area (Å²) in [4.78, 5) is 4.56. The lowest BCUT2D eigenvalue weighted by Gasteiger charge is -2.24. The van der Waals surface area contributed by atoms with E-state index >= 15 is 0 Å². The van der Waals surface area contributed by atoms with Gasteiger partial charge in [-0.1, -0.05) is 13.8 Å². The van der Waals surface area contributed by atoms with Crippen LogP contribution in [-0.4, -0.2) is 21.3 Å². The van der Waals surface area contributed by atoms with Crippen LogP contribution in [0.3, 0.4) is 0 Å². The second-order valence-corrected chi connectivity index (χ2v) is 5.10. The standard InChI is InChI=1S/C14H21N3O/c1-9(2)13(6-7-18)17-10(3)16-12-8-11(15)4-5-14(12)17/h4-5,8-9,13,18H,6-7,15H2,1-3H3. The molecule has 2 aromatic rings. The average Bonchev–Trinajstić information content (AvgIpc) is 2.61. The fourth-order valence-corrected chi connectivity index (χ4v) is 2.55. The monoisotopic (exact) mass is 247 g/mol. The summed E-state index contributed by atoms with van der Waals surface area (Å²) >= 11 is 0. The normalized spacial score (nSPS) is 13.4. The molecule has 4 nitrogen and oxygen atoms in total. The molecule has 0 bridgehead atoms. The Labute approximate surface area is 107 Å². The van der Waals surface area contributed by atoms with E-state index in [1.165, 1.54) is 0 Å². The molecule has 1 aromatic heterocycles. The number of nitrogens with two attached hydrogens (primary N) is 1. The molecule has 4 heteroatoms. The Kier molecular flexibility index (Phi) is 3.57. The van der Waals surface area contributed by atoms with Crippen molar-refractivity contribution in [3.63, 3.8) is 0 Å². The van der Waals surface area contributed by atoms with E-state index in [1.54, 1.807) is 0 Å². The first-order chi connectivity index (χ1) is 8.54. The van der Waals surface area contributed by atoms with Crippen molar-refractivity contribution in [3.05, 3.63) is 24.0 Å². The minimum atomic E-state index is 0.191. The lowest BCUT2D eigenvalue weighted by molar-refractivity contribution is 0.233. The Morgan fingerprint density at radius 3 is 2.72 bits per heavy atom. The summed E-state index contributed by atoms with van der Waals surface area (Å²) < 4.78 is 2.22. The van der Waals surface area contributed by atoms with Gasteiger partial charge in [0.1, 0.15) is 5.82 Å². The van der Waals surface area contributed by atoms with E-state index in [9.17, 15) is 5.11 Å². The number of aromatic nitrogens is 2. The molecule has 1 atom stereocenters. The van der Waals surface area contributed by atoms with Gasteiger partial charge >= 0.3 is 0 Å². The van der Waals surface area contributed by atoms with Crippen LogP contribution in [-0.2, 0) is 0 Å². The van der Waals surface area contributed by atoms with Gasteiger partial charge in [0.2, 0.25) is 0 Å². The van der Waals surface area contributed by atoms with E-state index in [0.29, 0.717) is 5.92 Å². The number of aliphatic hydroxyl groups is 1. The maximum absolute atomic E-state index is 9.24. The van der Waals surface area contributed by atoms with Crippen LogP contribution in [0.25, 0.3) is 11.0 Å². The molecule has 1 heterocycles. The van der Waals surface area contributed by atoms with E-state index < -0.39 is 0 Å². The highest BCUT2D eigenvalue weighted by Gasteiger charge is 2.19. The highest BCUT2D eigenvalue weighted by Crippen LogP contribution is 2.29. The van der Waals surface area contributed by atoms with Crippen LogP contribution in [0.1, 0.15) is 32.1 Å². The topological polar surface area (TPSA) is 64.1 Å². The van der Waals surface area contributed by atoms with Crippen molar-refractivity contribution in [1.82, 2.24) is 9.55 Å². The lowest BCUT2D eigenvalue weighted by atomic mass is 10.0. The van der Waals surface area contributed by atoms with Crippen LogP contribution < -0.4 is 5.73 Å². The third-order valence-corrected chi connectivity index (χ3v) is 3.42. The van der Waals surface area contributed by atoms with Crippen molar-refractivity contribution in [3.8, 4) is 0 Å². The van der Waals surface area contributed by atoms with Gasteiger partial charge in [-0.2, -0.15) is 0 Å². The molecular formula is C14H21N3O. The second kappa shape index (κ2) is 4.98. The van der Waals surface area contributed by atoms with Crippen LogP contribution >= 0.6 is 0 Å². The molecule has 2 rings (SSSR count). The van der Waals surface area contributed by atoms with Gasteiger partial charge in [-0.3, -0.25) is 0 Å². The zero-order chi connectivity index (χ0) is 13.3. The van der Waals surface area contributed by atoms with Gasteiger partial charge in [0.25, 0.3) is 0 Å². The summed E-state index contributed by atoms with van der Waals surface area (Å²) in [7, 11) is 0. The summed E-state index contributed by atoms with van der Waals surface area (Å²) in [5, 5.41) is 9.24. The first-order valence-corrected chi connectivity index (χ1v) is 6.39. The average molecular weight is 247 g/mol. The molecule has 1 aromatic carbocycles. The quantitative estimate of drug-likeness (QED) is 0.816. The molecule has 3 N–H and O–H groups in total. The molecular weight excluding hydrogens is 226 g/mol. The van der Waals surface area contributed by atoms with Crippen molar-refractivity contribution in [2.75, 3.05) is 12.3 Å². The lowest BCUT2D eigenvalue weighted by Crippen LogP contribution is -2.18. The molecule has 18 heavy (non-hydrogen) atoms. The summed E-state index contributed by atoms with van der Waals surface area (Å²) in [5.74, 6) is 1.42. The van der Waals surface area contributed by atoms with Crippen LogP contribution in [0.2, 0.25) is 0 Å². The molecule has 0 spiro atoms. The molecule has 0 radical (unpaired) electrons. The molecule has 0 saturated carbocycles. The number of hydrogen-bond acceptors (Lipinski definition) is 3. The van der Waals surface area contributed by atoms with Gasteiger partial charge in [0.15, 0.2) is 0 Å². The van der Waals surface area contributed by atoms with Gasteiger partial charge in [-0.05, 0) is 37.5 Å². The first kappa shape index (κ1) is 12.9. The number of nitrogen functional groups attached to an aromatic ring is 1. The van der Waals surface area contributed by atoms with Crippen LogP contribution in [0, 0.1) is 12.8 Å². The third-order valence-electron chi connectivity index (χ3n) is 3.42. The largest absolute Gasteiger partial charge is 0.399 e. The van der Waals surface area contributed by atoms with E-state index in [2.05, 4.69) is 23.4 Å². The molecule has 0 saturated heterocycles. The number of benzene rings is 1. The number of aliphatic hydroxyl groups excluding tert-OH is 1. The molecule has 98 valence electrons. The molecule has 1 unspecified atom stereocenters. The van der Waals surface area contributed by atoms with Gasteiger partial charge in [0.05, 0.1) is 11.0 Å². The molecule has 0 aliphatic rings. The van der Waals surface area contributed by atoms with E-state index in [0.717, 1.165) is 29.0 Å². The number of fused-ring (bicyclic) bond motifs is 1. The fraction of sp³-hybridized carbons (Fsp3) is 0.500. The van der Waals surface area contributed by atoms with Gasteiger partial charge < -0.3 is 15.4 Å². The van der Waals surface area contributed by atoms with Crippen molar-refractivity contribution < 1.29 is 5.11 Å². The first-order valence-electron chi connectivity index (χ1n) is 6.39. The van der Waals surface area contributed by atoms with Gasteiger partial charge in [-0.25, -0.2) is 4.98 Å². The predicted molar refractivity (Wildman–Crippen MR) is 74.5 cm³/mol. The number of hydrogen-bond donors (Lipinski definition) is 2. The van der Waals surface area contributed by atoms with Crippen LogP contribution in [0.15, 0.2) is 18.2 Å². The van der Waals surface area contributed by atoms with E-state index in [-0.39, 0.29) is 12.6 Å². The highest BCUT2D eigenvalue weighted by atomic mass is 16.3. The zero-order valence-electron chi connectivity index (χ0n) is 11.2. The molecule has 0 aliphatic carbocycles. The minimum absolute atomic E-state index is 0.191. The summed E-state index contributed by atoms with van der Waals surface area (Å²) in [6, 6.07) is 6.08. The minimum Gasteiger partial charge on any atom is -0.399 e. The third kappa shape index (κ3) is 2.20. The van der Waals surface area contributed by atoms with Crippen molar-refractivity contribution in [1.29, 1.82) is 0 Å².